The summed E-state index contributed by atoms with van der Waals surface area (Å²) in [4.78, 5) is 12.0. The van der Waals surface area contributed by atoms with Gasteiger partial charge in [-0.1, -0.05) is 12.1 Å². The molecule has 0 atom stereocenters. The molecule has 2 aromatic rings. The van der Waals surface area contributed by atoms with Gasteiger partial charge >= 0.3 is 0 Å². The van der Waals surface area contributed by atoms with E-state index in [1.165, 1.54) is 0 Å². The van der Waals surface area contributed by atoms with Crippen molar-refractivity contribution >= 4 is 21.8 Å². The zero-order valence-corrected chi connectivity index (χ0v) is 11.9. The van der Waals surface area contributed by atoms with E-state index in [0.29, 0.717) is 12.1 Å². The Morgan fingerprint density at radius 3 is 2.72 bits per heavy atom. The van der Waals surface area contributed by atoms with Crippen molar-refractivity contribution in [3.8, 4) is 0 Å². The predicted molar refractivity (Wildman–Crippen MR) is 73.5 cm³/mol. The minimum atomic E-state index is -0.111. The van der Waals surface area contributed by atoms with Crippen molar-refractivity contribution in [1.82, 2.24) is 5.32 Å². The summed E-state index contributed by atoms with van der Waals surface area (Å²) in [6, 6.07) is 9.35. The summed E-state index contributed by atoms with van der Waals surface area (Å²) < 4.78 is 6.23. The second-order valence-corrected chi connectivity index (χ2v) is 4.92. The Morgan fingerprint density at radius 1 is 1.28 bits per heavy atom. The van der Waals surface area contributed by atoms with Crippen LogP contribution >= 0.6 is 15.9 Å². The molecule has 1 aromatic carbocycles. The predicted octanol–water partition coefficient (Wildman–Crippen LogP) is 3.59. The molecule has 0 aliphatic rings. The molecule has 0 saturated heterocycles. The maximum Gasteiger partial charge on any atom is 0.252 e. The van der Waals surface area contributed by atoms with E-state index >= 15 is 0 Å². The Bertz CT molecular complexity index is 575. The van der Waals surface area contributed by atoms with Gasteiger partial charge in [-0.25, -0.2) is 0 Å². The van der Waals surface area contributed by atoms with Crippen LogP contribution in [0.3, 0.4) is 0 Å². The number of hydrogen-bond acceptors (Lipinski definition) is 2. The number of hydrogen-bond donors (Lipinski definition) is 1. The standard InChI is InChI=1S/C14H14BrNO2/c1-9-4-3-5-12(13(9)15)14(17)16-8-11-7-6-10(2)18-11/h3-7H,8H2,1-2H3,(H,16,17). The van der Waals surface area contributed by atoms with Gasteiger partial charge < -0.3 is 9.73 Å². The Morgan fingerprint density at radius 2 is 2.06 bits per heavy atom. The first-order valence-corrected chi connectivity index (χ1v) is 6.46. The number of halogens is 1. The molecule has 0 aliphatic carbocycles. The number of benzene rings is 1. The molecular formula is C14H14BrNO2. The summed E-state index contributed by atoms with van der Waals surface area (Å²) in [6.45, 7) is 4.23. The number of carbonyl (C=O) groups is 1. The van der Waals surface area contributed by atoms with Crippen molar-refractivity contribution in [1.29, 1.82) is 0 Å². The van der Waals surface area contributed by atoms with Crippen LogP contribution in [0.4, 0.5) is 0 Å². The van der Waals surface area contributed by atoms with Crippen LogP contribution in [0, 0.1) is 13.8 Å². The van der Waals surface area contributed by atoms with Gasteiger partial charge in [0.2, 0.25) is 0 Å². The van der Waals surface area contributed by atoms with Crippen LogP contribution in [-0.2, 0) is 6.54 Å². The smallest absolute Gasteiger partial charge is 0.252 e. The van der Waals surface area contributed by atoms with Crippen LogP contribution in [0.1, 0.15) is 27.4 Å². The van der Waals surface area contributed by atoms with Crippen molar-refractivity contribution in [3.05, 3.63) is 57.5 Å². The molecular weight excluding hydrogens is 294 g/mol. The lowest BCUT2D eigenvalue weighted by molar-refractivity contribution is 0.0947. The summed E-state index contributed by atoms with van der Waals surface area (Å²) in [7, 11) is 0. The summed E-state index contributed by atoms with van der Waals surface area (Å²) in [5.74, 6) is 1.49. The highest BCUT2D eigenvalue weighted by Crippen LogP contribution is 2.21. The third kappa shape index (κ3) is 2.82. The zero-order valence-electron chi connectivity index (χ0n) is 10.3. The van der Waals surface area contributed by atoms with E-state index in [-0.39, 0.29) is 5.91 Å². The fourth-order valence-electron chi connectivity index (χ4n) is 1.67. The van der Waals surface area contributed by atoms with E-state index in [4.69, 9.17) is 4.42 Å². The monoisotopic (exact) mass is 307 g/mol. The lowest BCUT2D eigenvalue weighted by Crippen LogP contribution is -2.23. The number of nitrogens with one attached hydrogen (secondary N) is 1. The van der Waals surface area contributed by atoms with Gasteiger partial charge in [0.1, 0.15) is 11.5 Å². The Kier molecular flexibility index (Phi) is 3.87. The average molecular weight is 308 g/mol. The first kappa shape index (κ1) is 12.9. The molecule has 18 heavy (non-hydrogen) atoms. The quantitative estimate of drug-likeness (QED) is 0.941. The molecule has 0 bridgehead atoms. The van der Waals surface area contributed by atoms with Crippen LogP contribution in [0.2, 0.25) is 0 Å². The van der Waals surface area contributed by atoms with E-state index < -0.39 is 0 Å². The Hall–Kier alpha value is -1.55. The second kappa shape index (κ2) is 5.40. The lowest BCUT2D eigenvalue weighted by atomic mass is 10.1. The van der Waals surface area contributed by atoms with E-state index in [1.807, 2.05) is 38.1 Å². The molecule has 0 fully saturated rings. The zero-order chi connectivity index (χ0) is 13.1. The number of carbonyl (C=O) groups excluding carboxylic acids is 1. The summed E-state index contributed by atoms with van der Waals surface area (Å²) >= 11 is 3.43. The van der Waals surface area contributed by atoms with Gasteiger partial charge in [-0.15, -0.1) is 0 Å². The molecule has 1 heterocycles. The van der Waals surface area contributed by atoms with Crippen LogP contribution in [0.25, 0.3) is 0 Å². The van der Waals surface area contributed by atoms with Crippen molar-refractivity contribution in [3.63, 3.8) is 0 Å². The van der Waals surface area contributed by atoms with Gasteiger partial charge in [-0.3, -0.25) is 4.79 Å². The van der Waals surface area contributed by atoms with E-state index in [9.17, 15) is 4.79 Å². The fraction of sp³-hybridized carbons (Fsp3) is 0.214. The third-order valence-electron chi connectivity index (χ3n) is 2.66. The summed E-state index contributed by atoms with van der Waals surface area (Å²) in [6.07, 6.45) is 0. The second-order valence-electron chi connectivity index (χ2n) is 4.13. The Balaban J connectivity index is 2.06. The molecule has 1 aromatic heterocycles. The van der Waals surface area contributed by atoms with E-state index in [1.54, 1.807) is 6.07 Å². The first-order valence-electron chi connectivity index (χ1n) is 5.66. The van der Waals surface area contributed by atoms with E-state index in [0.717, 1.165) is 21.6 Å². The van der Waals surface area contributed by atoms with Crippen LogP contribution < -0.4 is 5.32 Å². The van der Waals surface area contributed by atoms with Gasteiger partial charge in [-0.2, -0.15) is 0 Å². The molecule has 94 valence electrons. The molecule has 2 rings (SSSR count). The largest absolute Gasteiger partial charge is 0.465 e. The highest BCUT2D eigenvalue weighted by Gasteiger charge is 2.11. The molecule has 1 amide bonds. The molecule has 3 nitrogen and oxygen atoms in total. The van der Waals surface area contributed by atoms with Crippen molar-refractivity contribution in [2.24, 2.45) is 0 Å². The number of rotatable bonds is 3. The summed E-state index contributed by atoms with van der Waals surface area (Å²) in [5, 5.41) is 2.83. The first-order chi connectivity index (χ1) is 8.58. The maximum absolute atomic E-state index is 12.0. The lowest BCUT2D eigenvalue weighted by Gasteiger charge is -2.07. The fourth-order valence-corrected chi connectivity index (χ4v) is 2.11. The minimum absolute atomic E-state index is 0.111. The SMILES string of the molecule is Cc1ccc(CNC(=O)c2cccc(C)c2Br)o1. The van der Waals surface area contributed by atoms with Gasteiger partial charge in [0.05, 0.1) is 12.1 Å². The molecule has 0 unspecified atom stereocenters. The normalized spacial score (nSPS) is 10.4. The maximum atomic E-state index is 12.0. The average Bonchev–Trinajstić information content (AvgIpc) is 2.76. The topological polar surface area (TPSA) is 42.2 Å². The van der Waals surface area contributed by atoms with Gasteiger partial charge in [0, 0.05) is 4.47 Å². The van der Waals surface area contributed by atoms with Gasteiger partial charge in [-0.05, 0) is 53.5 Å². The van der Waals surface area contributed by atoms with Gasteiger partial charge in [0.25, 0.3) is 5.91 Å². The summed E-state index contributed by atoms with van der Waals surface area (Å²) in [5.41, 5.74) is 1.68. The number of aryl methyl sites for hydroxylation is 2. The molecule has 0 spiro atoms. The van der Waals surface area contributed by atoms with Crippen LogP contribution in [-0.4, -0.2) is 5.91 Å². The van der Waals surface area contributed by atoms with Crippen LogP contribution in [0.15, 0.2) is 39.2 Å². The third-order valence-corrected chi connectivity index (χ3v) is 3.71. The molecule has 0 saturated carbocycles. The van der Waals surface area contributed by atoms with Crippen LogP contribution in [0.5, 0.6) is 0 Å². The highest BCUT2D eigenvalue weighted by molar-refractivity contribution is 9.10. The molecule has 0 aliphatic heterocycles. The molecule has 1 N–H and O–H groups in total. The number of furan rings is 1. The van der Waals surface area contributed by atoms with Gasteiger partial charge in [0.15, 0.2) is 0 Å². The minimum Gasteiger partial charge on any atom is -0.465 e. The van der Waals surface area contributed by atoms with Crippen molar-refractivity contribution in [2.45, 2.75) is 20.4 Å². The molecule has 0 radical (unpaired) electrons. The molecule has 4 heteroatoms. The van der Waals surface area contributed by atoms with Crippen molar-refractivity contribution in [2.75, 3.05) is 0 Å². The van der Waals surface area contributed by atoms with E-state index in [2.05, 4.69) is 21.2 Å². The van der Waals surface area contributed by atoms with Crippen molar-refractivity contribution < 1.29 is 9.21 Å². The number of amides is 1. The Labute approximate surface area is 114 Å². The highest BCUT2D eigenvalue weighted by atomic mass is 79.9.